The van der Waals surface area contributed by atoms with Gasteiger partial charge in [0.15, 0.2) is 0 Å². The summed E-state index contributed by atoms with van der Waals surface area (Å²) in [5.41, 5.74) is 0.636. The zero-order valence-corrected chi connectivity index (χ0v) is 10.4. The number of aliphatic hydroxyl groups excluding tert-OH is 1. The third-order valence-electron chi connectivity index (χ3n) is 1.83. The molecular formula is C11H14ClNO2S. The molecule has 1 aromatic rings. The summed E-state index contributed by atoms with van der Waals surface area (Å²) >= 11 is 7.39. The van der Waals surface area contributed by atoms with Gasteiger partial charge in [-0.25, -0.2) is 0 Å². The Balaban J connectivity index is 2.32. The first-order valence-electron chi connectivity index (χ1n) is 4.97. The Bertz CT molecular complexity index is 347. The summed E-state index contributed by atoms with van der Waals surface area (Å²) in [5, 5.41) is 11.8. The lowest BCUT2D eigenvalue weighted by molar-refractivity contribution is -0.113. The van der Waals surface area contributed by atoms with E-state index in [-0.39, 0.29) is 12.5 Å². The highest BCUT2D eigenvalue weighted by Gasteiger charge is 2.04. The summed E-state index contributed by atoms with van der Waals surface area (Å²) in [7, 11) is 0. The van der Waals surface area contributed by atoms with Crippen LogP contribution in [0.25, 0.3) is 0 Å². The topological polar surface area (TPSA) is 49.3 Å². The molecule has 0 spiro atoms. The first-order chi connectivity index (χ1) is 7.74. The van der Waals surface area contributed by atoms with E-state index < -0.39 is 0 Å². The molecule has 1 amide bonds. The number of carbonyl (C=O) groups is 1. The average molecular weight is 260 g/mol. The van der Waals surface area contributed by atoms with E-state index in [4.69, 9.17) is 16.7 Å². The number of nitrogens with one attached hydrogen (secondary N) is 1. The van der Waals surface area contributed by atoms with Gasteiger partial charge < -0.3 is 10.4 Å². The van der Waals surface area contributed by atoms with Gasteiger partial charge in [0.2, 0.25) is 5.91 Å². The summed E-state index contributed by atoms with van der Waals surface area (Å²) in [6.07, 6.45) is 0.712. The van der Waals surface area contributed by atoms with Crippen molar-refractivity contribution in [2.45, 2.75) is 6.42 Å². The van der Waals surface area contributed by atoms with Gasteiger partial charge in [0.25, 0.3) is 0 Å². The van der Waals surface area contributed by atoms with Crippen LogP contribution in [0.1, 0.15) is 6.42 Å². The molecule has 0 radical (unpaired) electrons. The first-order valence-corrected chi connectivity index (χ1v) is 6.50. The van der Waals surface area contributed by atoms with E-state index in [9.17, 15) is 4.79 Å². The van der Waals surface area contributed by atoms with Crippen molar-refractivity contribution in [2.75, 3.05) is 23.4 Å². The van der Waals surface area contributed by atoms with Gasteiger partial charge in [0, 0.05) is 6.61 Å². The molecule has 0 fully saturated rings. The number of anilines is 1. The number of aliphatic hydroxyl groups is 1. The SMILES string of the molecule is O=C(CSCCCO)Nc1ccccc1Cl. The summed E-state index contributed by atoms with van der Waals surface area (Å²) in [6, 6.07) is 7.13. The van der Waals surface area contributed by atoms with E-state index in [2.05, 4.69) is 5.32 Å². The molecule has 88 valence electrons. The van der Waals surface area contributed by atoms with Crippen molar-refractivity contribution in [1.82, 2.24) is 0 Å². The predicted octanol–water partition coefficient (Wildman–Crippen LogP) is 2.39. The van der Waals surface area contributed by atoms with E-state index in [1.807, 2.05) is 12.1 Å². The van der Waals surface area contributed by atoms with Crippen LogP contribution in [0.3, 0.4) is 0 Å². The van der Waals surface area contributed by atoms with Gasteiger partial charge in [-0.1, -0.05) is 23.7 Å². The Kier molecular flexibility index (Phi) is 6.30. The number of hydrogen-bond acceptors (Lipinski definition) is 3. The molecule has 0 bridgehead atoms. The molecule has 0 saturated heterocycles. The number of hydrogen-bond donors (Lipinski definition) is 2. The van der Waals surface area contributed by atoms with Crippen molar-refractivity contribution in [1.29, 1.82) is 0 Å². The molecule has 0 aromatic heterocycles. The van der Waals surface area contributed by atoms with Gasteiger partial charge in [0.1, 0.15) is 0 Å². The summed E-state index contributed by atoms with van der Waals surface area (Å²) < 4.78 is 0. The van der Waals surface area contributed by atoms with Crippen molar-refractivity contribution >= 4 is 35.0 Å². The Labute approximate surface area is 104 Å². The largest absolute Gasteiger partial charge is 0.396 e. The number of rotatable bonds is 6. The summed E-state index contributed by atoms with van der Waals surface area (Å²) in [5.74, 6) is 1.09. The minimum absolute atomic E-state index is 0.0731. The van der Waals surface area contributed by atoms with E-state index in [0.29, 0.717) is 22.9 Å². The van der Waals surface area contributed by atoms with Gasteiger partial charge in [-0.2, -0.15) is 11.8 Å². The van der Waals surface area contributed by atoms with Crippen LogP contribution in [0.4, 0.5) is 5.69 Å². The fraction of sp³-hybridized carbons (Fsp3) is 0.364. The molecule has 0 saturated carbocycles. The molecule has 0 heterocycles. The fourth-order valence-electron chi connectivity index (χ4n) is 1.08. The molecule has 2 N–H and O–H groups in total. The Hall–Kier alpha value is -0.710. The molecule has 1 aromatic carbocycles. The van der Waals surface area contributed by atoms with Crippen LogP contribution in [0.15, 0.2) is 24.3 Å². The van der Waals surface area contributed by atoms with Gasteiger partial charge >= 0.3 is 0 Å². The molecule has 0 aliphatic carbocycles. The highest BCUT2D eigenvalue weighted by Crippen LogP contribution is 2.20. The highest BCUT2D eigenvalue weighted by molar-refractivity contribution is 7.99. The van der Waals surface area contributed by atoms with E-state index in [1.165, 1.54) is 11.8 Å². The number of benzene rings is 1. The molecule has 3 nitrogen and oxygen atoms in total. The number of para-hydroxylation sites is 1. The van der Waals surface area contributed by atoms with E-state index in [1.54, 1.807) is 12.1 Å². The maximum absolute atomic E-state index is 11.5. The van der Waals surface area contributed by atoms with Gasteiger partial charge in [-0.3, -0.25) is 4.79 Å². The first kappa shape index (κ1) is 13.4. The van der Waals surface area contributed by atoms with Gasteiger partial charge in [0.05, 0.1) is 16.5 Å². The standard InChI is InChI=1S/C11H14ClNO2S/c12-9-4-1-2-5-10(9)13-11(15)8-16-7-3-6-14/h1-2,4-5,14H,3,6-8H2,(H,13,15). The number of amides is 1. The molecular weight excluding hydrogens is 246 g/mol. The number of halogens is 1. The van der Waals surface area contributed by atoms with Crippen LogP contribution in [-0.2, 0) is 4.79 Å². The zero-order chi connectivity index (χ0) is 11.8. The zero-order valence-electron chi connectivity index (χ0n) is 8.78. The Morgan fingerprint density at radius 3 is 2.88 bits per heavy atom. The molecule has 5 heteroatoms. The summed E-state index contributed by atoms with van der Waals surface area (Å²) in [4.78, 5) is 11.5. The van der Waals surface area contributed by atoms with Crippen LogP contribution in [0.5, 0.6) is 0 Å². The number of thioether (sulfide) groups is 1. The van der Waals surface area contributed by atoms with Crippen LogP contribution in [0, 0.1) is 0 Å². The van der Waals surface area contributed by atoms with Gasteiger partial charge in [-0.15, -0.1) is 0 Å². The van der Waals surface area contributed by atoms with E-state index in [0.717, 1.165) is 5.75 Å². The van der Waals surface area contributed by atoms with Crippen LogP contribution in [-0.4, -0.2) is 29.1 Å². The third-order valence-corrected chi connectivity index (χ3v) is 3.20. The molecule has 16 heavy (non-hydrogen) atoms. The third kappa shape index (κ3) is 4.88. The normalized spacial score (nSPS) is 10.1. The lowest BCUT2D eigenvalue weighted by Gasteiger charge is -2.06. The average Bonchev–Trinajstić information content (AvgIpc) is 2.28. The maximum Gasteiger partial charge on any atom is 0.234 e. The molecule has 0 unspecified atom stereocenters. The predicted molar refractivity (Wildman–Crippen MR) is 69.1 cm³/mol. The second kappa shape index (κ2) is 7.54. The fourth-order valence-corrected chi connectivity index (χ4v) is 2.00. The number of carbonyl (C=O) groups excluding carboxylic acids is 1. The van der Waals surface area contributed by atoms with Crippen molar-refractivity contribution < 1.29 is 9.90 Å². The van der Waals surface area contributed by atoms with Crippen molar-refractivity contribution in [3.63, 3.8) is 0 Å². The van der Waals surface area contributed by atoms with Crippen LogP contribution in [0.2, 0.25) is 5.02 Å². The van der Waals surface area contributed by atoms with E-state index >= 15 is 0 Å². The monoisotopic (exact) mass is 259 g/mol. The second-order valence-electron chi connectivity index (χ2n) is 3.16. The quantitative estimate of drug-likeness (QED) is 0.772. The minimum atomic E-state index is -0.0731. The van der Waals surface area contributed by atoms with Crippen LogP contribution >= 0.6 is 23.4 Å². The minimum Gasteiger partial charge on any atom is -0.396 e. The smallest absolute Gasteiger partial charge is 0.234 e. The van der Waals surface area contributed by atoms with Crippen molar-refractivity contribution in [3.8, 4) is 0 Å². The van der Waals surface area contributed by atoms with Crippen molar-refractivity contribution in [2.24, 2.45) is 0 Å². The highest BCUT2D eigenvalue weighted by atomic mass is 35.5. The molecule has 0 aliphatic heterocycles. The molecule has 0 atom stereocenters. The Morgan fingerprint density at radius 2 is 2.19 bits per heavy atom. The lowest BCUT2D eigenvalue weighted by Crippen LogP contribution is -2.14. The second-order valence-corrected chi connectivity index (χ2v) is 4.67. The van der Waals surface area contributed by atoms with Gasteiger partial charge in [-0.05, 0) is 24.3 Å². The molecule has 1 rings (SSSR count). The lowest BCUT2D eigenvalue weighted by atomic mass is 10.3. The van der Waals surface area contributed by atoms with Crippen molar-refractivity contribution in [3.05, 3.63) is 29.3 Å². The summed E-state index contributed by atoms with van der Waals surface area (Å²) in [6.45, 7) is 0.166. The maximum atomic E-state index is 11.5. The Morgan fingerprint density at radius 1 is 1.44 bits per heavy atom. The van der Waals surface area contributed by atoms with Crippen LogP contribution < -0.4 is 5.32 Å². The molecule has 0 aliphatic rings.